The molecule has 0 saturated carbocycles. The number of hydrogen-bond donors (Lipinski definition) is 1. The standard InChI is InChI=1S/C16H28N2O/c1-5-16(2,3)18(4)12-13-19-15-8-6-14(7-9-15)10-11-17/h6-9H,5,10-13,17H2,1-4H3. The van der Waals surface area contributed by atoms with E-state index in [1.807, 2.05) is 12.1 Å². The Morgan fingerprint density at radius 3 is 2.37 bits per heavy atom. The Kier molecular flexibility index (Phi) is 6.32. The van der Waals surface area contributed by atoms with Gasteiger partial charge in [0.15, 0.2) is 0 Å². The second-order valence-electron chi connectivity index (χ2n) is 5.62. The largest absolute Gasteiger partial charge is 0.492 e. The molecule has 3 nitrogen and oxygen atoms in total. The summed E-state index contributed by atoms with van der Waals surface area (Å²) in [6, 6.07) is 8.22. The van der Waals surface area contributed by atoms with Crippen molar-refractivity contribution in [1.82, 2.24) is 4.90 Å². The highest BCUT2D eigenvalue weighted by molar-refractivity contribution is 5.27. The molecule has 2 N–H and O–H groups in total. The van der Waals surface area contributed by atoms with Gasteiger partial charge < -0.3 is 10.5 Å². The predicted molar refractivity (Wildman–Crippen MR) is 81.7 cm³/mol. The molecule has 0 aliphatic heterocycles. The minimum absolute atomic E-state index is 0.230. The van der Waals surface area contributed by atoms with Crippen molar-refractivity contribution in [2.75, 3.05) is 26.7 Å². The normalized spacial score (nSPS) is 11.9. The van der Waals surface area contributed by atoms with Gasteiger partial charge in [-0.25, -0.2) is 0 Å². The summed E-state index contributed by atoms with van der Waals surface area (Å²) in [5.41, 5.74) is 7.02. The summed E-state index contributed by atoms with van der Waals surface area (Å²) in [6.07, 6.45) is 2.06. The quantitative estimate of drug-likeness (QED) is 0.784. The molecule has 108 valence electrons. The summed E-state index contributed by atoms with van der Waals surface area (Å²) >= 11 is 0. The van der Waals surface area contributed by atoms with Crippen molar-refractivity contribution in [3.8, 4) is 5.75 Å². The van der Waals surface area contributed by atoms with E-state index in [0.717, 1.165) is 31.7 Å². The Hall–Kier alpha value is -1.06. The Balaban J connectivity index is 2.37. The van der Waals surface area contributed by atoms with Gasteiger partial charge in [0.25, 0.3) is 0 Å². The molecule has 0 spiro atoms. The molecule has 0 aromatic heterocycles. The van der Waals surface area contributed by atoms with Crippen LogP contribution in [-0.2, 0) is 6.42 Å². The van der Waals surface area contributed by atoms with Gasteiger partial charge in [0, 0.05) is 12.1 Å². The average molecular weight is 264 g/mol. The fourth-order valence-corrected chi connectivity index (χ4v) is 1.79. The van der Waals surface area contributed by atoms with Crippen LogP contribution in [-0.4, -0.2) is 37.2 Å². The molecule has 0 unspecified atom stereocenters. The number of likely N-dealkylation sites (N-methyl/N-ethyl adjacent to an activating group) is 1. The number of nitrogens with two attached hydrogens (primary N) is 1. The van der Waals surface area contributed by atoms with Gasteiger partial charge in [0.2, 0.25) is 0 Å². The third-order valence-electron chi connectivity index (χ3n) is 3.95. The topological polar surface area (TPSA) is 38.5 Å². The highest BCUT2D eigenvalue weighted by Crippen LogP contribution is 2.16. The lowest BCUT2D eigenvalue weighted by molar-refractivity contribution is 0.125. The van der Waals surface area contributed by atoms with E-state index in [4.69, 9.17) is 10.5 Å². The number of rotatable bonds is 8. The number of ether oxygens (including phenoxy) is 1. The van der Waals surface area contributed by atoms with Crippen molar-refractivity contribution in [2.45, 2.75) is 39.2 Å². The first-order chi connectivity index (χ1) is 8.99. The van der Waals surface area contributed by atoms with Crippen LogP contribution >= 0.6 is 0 Å². The first kappa shape index (κ1) is 16.0. The predicted octanol–water partition coefficient (Wildman–Crippen LogP) is 2.69. The summed E-state index contributed by atoms with van der Waals surface area (Å²) < 4.78 is 5.78. The van der Waals surface area contributed by atoms with Crippen LogP contribution < -0.4 is 10.5 Å². The molecule has 1 aromatic carbocycles. The number of benzene rings is 1. The van der Waals surface area contributed by atoms with Gasteiger partial charge >= 0.3 is 0 Å². The maximum Gasteiger partial charge on any atom is 0.119 e. The van der Waals surface area contributed by atoms with Gasteiger partial charge in [-0.05, 0) is 58.0 Å². The molecular weight excluding hydrogens is 236 g/mol. The Labute approximate surface area is 117 Å². The zero-order valence-corrected chi connectivity index (χ0v) is 12.8. The van der Waals surface area contributed by atoms with Crippen LogP contribution in [0.25, 0.3) is 0 Å². The smallest absolute Gasteiger partial charge is 0.119 e. The summed E-state index contributed by atoms with van der Waals surface area (Å²) in [5, 5.41) is 0. The molecular formula is C16H28N2O. The molecule has 0 radical (unpaired) electrons. The highest BCUT2D eigenvalue weighted by atomic mass is 16.5. The van der Waals surface area contributed by atoms with Crippen LogP contribution in [0.4, 0.5) is 0 Å². The van der Waals surface area contributed by atoms with Gasteiger partial charge in [-0.15, -0.1) is 0 Å². The molecule has 19 heavy (non-hydrogen) atoms. The fraction of sp³-hybridized carbons (Fsp3) is 0.625. The molecule has 3 heteroatoms. The van der Waals surface area contributed by atoms with Crippen molar-refractivity contribution in [3.63, 3.8) is 0 Å². The maximum absolute atomic E-state index is 5.78. The van der Waals surface area contributed by atoms with Crippen LogP contribution in [0.5, 0.6) is 5.75 Å². The van der Waals surface area contributed by atoms with Crippen LogP contribution in [0.1, 0.15) is 32.8 Å². The van der Waals surface area contributed by atoms with Gasteiger partial charge in [-0.1, -0.05) is 19.1 Å². The van der Waals surface area contributed by atoms with Crippen molar-refractivity contribution in [3.05, 3.63) is 29.8 Å². The van der Waals surface area contributed by atoms with Gasteiger partial charge in [-0.2, -0.15) is 0 Å². The van der Waals surface area contributed by atoms with E-state index in [1.54, 1.807) is 0 Å². The van der Waals surface area contributed by atoms with Gasteiger partial charge in [0.1, 0.15) is 12.4 Å². The second kappa shape index (κ2) is 7.51. The third kappa shape index (κ3) is 5.21. The van der Waals surface area contributed by atoms with Crippen LogP contribution in [0.3, 0.4) is 0 Å². The lowest BCUT2D eigenvalue weighted by Crippen LogP contribution is -2.42. The minimum Gasteiger partial charge on any atom is -0.492 e. The first-order valence-corrected chi connectivity index (χ1v) is 7.12. The second-order valence-corrected chi connectivity index (χ2v) is 5.62. The van der Waals surface area contributed by atoms with Crippen molar-refractivity contribution in [2.24, 2.45) is 5.73 Å². The SMILES string of the molecule is CCC(C)(C)N(C)CCOc1ccc(CCN)cc1. The van der Waals surface area contributed by atoms with E-state index in [2.05, 4.69) is 44.9 Å². The lowest BCUT2D eigenvalue weighted by Gasteiger charge is -2.34. The zero-order valence-electron chi connectivity index (χ0n) is 12.8. The van der Waals surface area contributed by atoms with Crippen LogP contribution in [0.15, 0.2) is 24.3 Å². The summed E-state index contributed by atoms with van der Waals surface area (Å²) in [5.74, 6) is 0.934. The summed E-state index contributed by atoms with van der Waals surface area (Å²) in [4.78, 5) is 2.34. The van der Waals surface area contributed by atoms with E-state index >= 15 is 0 Å². The first-order valence-electron chi connectivity index (χ1n) is 7.12. The third-order valence-corrected chi connectivity index (χ3v) is 3.95. The highest BCUT2D eigenvalue weighted by Gasteiger charge is 2.20. The van der Waals surface area contributed by atoms with E-state index in [9.17, 15) is 0 Å². The van der Waals surface area contributed by atoms with Gasteiger partial charge in [-0.3, -0.25) is 4.90 Å². The van der Waals surface area contributed by atoms with E-state index in [0.29, 0.717) is 6.54 Å². The molecule has 0 amide bonds. The van der Waals surface area contributed by atoms with Crippen molar-refractivity contribution >= 4 is 0 Å². The molecule has 0 bridgehead atoms. The molecule has 0 aliphatic carbocycles. The van der Waals surface area contributed by atoms with Crippen molar-refractivity contribution in [1.29, 1.82) is 0 Å². The molecule has 1 aromatic rings. The number of nitrogens with zero attached hydrogens (tertiary/aromatic N) is 1. The summed E-state index contributed by atoms with van der Waals surface area (Å²) in [7, 11) is 2.15. The maximum atomic E-state index is 5.78. The van der Waals surface area contributed by atoms with E-state index in [1.165, 1.54) is 5.56 Å². The fourth-order valence-electron chi connectivity index (χ4n) is 1.79. The summed E-state index contributed by atoms with van der Waals surface area (Å²) in [6.45, 7) is 9.08. The monoisotopic (exact) mass is 264 g/mol. The molecule has 1 rings (SSSR count). The van der Waals surface area contributed by atoms with E-state index in [-0.39, 0.29) is 5.54 Å². The van der Waals surface area contributed by atoms with Crippen LogP contribution in [0, 0.1) is 0 Å². The number of hydrogen-bond acceptors (Lipinski definition) is 3. The minimum atomic E-state index is 0.230. The van der Waals surface area contributed by atoms with E-state index < -0.39 is 0 Å². The molecule has 0 saturated heterocycles. The van der Waals surface area contributed by atoms with Gasteiger partial charge in [0.05, 0.1) is 0 Å². The Morgan fingerprint density at radius 2 is 1.84 bits per heavy atom. The lowest BCUT2D eigenvalue weighted by atomic mass is 10.0. The molecule has 0 aliphatic rings. The Morgan fingerprint density at radius 1 is 1.21 bits per heavy atom. The molecule has 0 atom stereocenters. The molecule has 0 fully saturated rings. The van der Waals surface area contributed by atoms with Crippen molar-refractivity contribution < 1.29 is 4.74 Å². The zero-order chi connectivity index (χ0) is 14.3. The van der Waals surface area contributed by atoms with Crippen LogP contribution in [0.2, 0.25) is 0 Å². The molecule has 0 heterocycles. The average Bonchev–Trinajstić information content (AvgIpc) is 2.41. The Bertz CT molecular complexity index is 360.